The van der Waals surface area contributed by atoms with Gasteiger partial charge in [-0.2, -0.15) is 0 Å². The number of hydrogen-bond acceptors (Lipinski definition) is 4. The fraction of sp³-hybridized carbons (Fsp3) is 0.357. The Hall–Kier alpha value is -1.62. The maximum atomic E-state index is 11.4. The third-order valence-corrected chi connectivity index (χ3v) is 4.51. The minimum atomic E-state index is -3.14. The summed E-state index contributed by atoms with van der Waals surface area (Å²) in [5.74, 6) is 1.66. The number of rotatable bonds is 2. The quantitative estimate of drug-likeness (QED) is 0.905. The number of benzene rings is 1. The normalized spacial score (nSPS) is 23.0. The van der Waals surface area contributed by atoms with E-state index in [1.165, 1.54) is 6.26 Å². The number of nitrogens with one attached hydrogen (secondary N) is 1. The topological polar surface area (TPSA) is 58.5 Å². The molecule has 2 rings (SSSR count). The third kappa shape index (κ3) is 3.23. The molecule has 0 spiro atoms. The van der Waals surface area contributed by atoms with E-state index in [1.807, 2.05) is 0 Å². The first-order chi connectivity index (χ1) is 8.88. The van der Waals surface area contributed by atoms with E-state index in [4.69, 9.17) is 0 Å². The number of aliphatic imine (C=N–C) groups is 1. The van der Waals surface area contributed by atoms with Crippen molar-refractivity contribution in [3.05, 3.63) is 36.5 Å². The Kier molecular flexibility index (Phi) is 3.75. The first-order valence-corrected chi connectivity index (χ1v) is 8.08. The molecule has 0 bridgehead atoms. The molecule has 4 nitrogen and oxygen atoms in total. The second-order valence-corrected chi connectivity index (χ2v) is 6.94. The largest absolute Gasteiger partial charge is 0.344 e. The Morgan fingerprint density at radius 3 is 2.37 bits per heavy atom. The molecule has 2 unspecified atom stereocenters. The van der Waals surface area contributed by atoms with Crippen molar-refractivity contribution in [1.29, 1.82) is 0 Å². The van der Waals surface area contributed by atoms with Gasteiger partial charge in [0.2, 0.25) is 0 Å². The van der Waals surface area contributed by atoms with E-state index in [-0.39, 0.29) is 0 Å². The lowest BCUT2D eigenvalue weighted by atomic mass is 9.93. The predicted octanol–water partition coefficient (Wildman–Crippen LogP) is 2.70. The summed E-state index contributed by atoms with van der Waals surface area (Å²) in [6, 6.07) is 6.72. The first kappa shape index (κ1) is 13.8. The summed E-state index contributed by atoms with van der Waals surface area (Å²) in [5.41, 5.74) is 0.848. The lowest BCUT2D eigenvalue weighted by Crippen LogP contribution is -2.26. The summed E-state index contributed by atoms with van der Waals surface area (Å²) in [4.78, 5) is 4.66. The summed E-state index contributed by atoms with van der Waals surface area (Å²) in [6.07, 6.45) is 5.08. The molecule has 2 atom stereocenters. The Morgan fingerprint density at radius 1 is 1.16 bits per heavy atom. The van der Waals surface area contributed by atoms with Crippen molar-refractivity contribution in [2.24, 2.45) is 16.8 Å². The summed E-state index contributed by atoms with van der Waals surface area (Å²) in [6.45, 7) is 4.26. The van der Waals surface area contributed by atoms with E-state index in [0.29, 0.717) is 16.7 Å². The summed E-state index contributed by atoms with van der Waals surface area (Å²) in [7, 11) is -3.14. The molecule has 5 heteroatoms. The highest BCUT2D eigenvalue weighted by atomic mass is 32.2. The van der Waals surface area contributed by atoms with Crippen LogP contribution in [0.2, 0.25) is 0 Å². The average molecular weight is 278 g/mol. The third-order valence-electron chi connectivity index (χ3n) is 3.38. The molecule has 1 aromatic rings. The van der Waals surface area contributed by atoms with Crippen LogP contribution in [-0.4, -0.2) is 20.5 Å². The van der Waals surface area contributed by atoms with Crippen molar-refractivity contribution < 1.29 is 8.42 Å². The van der Waals surface area contributed by atoms with Gasteiger partial charge in [0.25, 0.3) is 0 Å². The van der Waals surface area contributed by atoms with E-state index in [0.717, 1.165) is 11.5 Å². The van der Waals surface area contributed by atoms with Gasteiger partial charge in [-0.15, -0.1) is 0 Å². The van der Waals surface area contributed by atoms with Crippen molar-refractivity contribution >= 4 is 21.4 Å². The van der Waals surface area contributed by atoms with E-state index < -0.39 is 9.84 Å². The zero-order chi connectivity index (χ0) is 14.0. The highest BCUT2D eigenvalue weighted by molar-refractivity contribution is 7.90. The van der Waals surface area contributed by atoms with Crippen LogP contribution >= 0.6 is 0 Å². The van der Waals surface area contributed by atoms with Gasteiger partial charge in [-0.3, -0.25) is 0 Å². The van der Waals surface area contributed by atoms with Gasteiger partial charge in [0, 0.05) is 24.1 Å². The van der Waals surface area contributed by atoms with Gasteiger partial charge < -0.3 is 5.32 Å². The molecule has 0 radical (unpaired) electrons. The van der Waals surface area contributed by atoms with Crippen molar-refractivity contribution in [1.82, 2.24) is 0 Å². The Labute approximate surface area is 114 Å². The number of allylic oxidation sites excluding steroid dienone is 1. The van der Waals surface area contributed by atoms with Crippen LogP contribution in [0.4, 0.5) is 5.69 Å². The molecule has 1 aliphatic heterocycles. The number of hydrogen-bond donors (Lipinski definition) is 1. The number of nitrogens with zero attached hydrogens (tertiary/aromatic N) is 1. The fourth-order valence-electron chi connectivity index (χ4n) is 1.87. The average Bonchev–Trinajstić information content (AvgIpc) is 2.35. The molecular weight excluding hydrogens is 260 g/mol. The molecule has 1 aromatic carbocycles. The van der Waals surface area contributed by atoms with Crippen LogP contribution in [0.15, 0.2) is 46.4 Å². The molecule has 0 saturated carbocycles. The van der Waals surface area contributed by atoms with Crippen LogP contribution in [0.1, 0.15) is 13.8 Å². The summed E-state index contributed by atoms with van der Waals surface area (Å²) in [5, 5.41) is 3.24. The second kappa shape index (κ2) is 5.17. The number of amidine groups is 1. The molecule has 102 valence electrons. The molecule has 1 heterocycles. The van der Waals surface area contributed by atoms with Crippen LogP contribution < -0.4 is 5.32 Å². The predicted molar refractivity (Wildman–Crippen MR) is 78.1 cm³/mol. The van der Waals surface area contributed by atoms with Crippen molar-refractivity contribution in [2.75, 3.05) is 11.6 Å². The zero-order valence-electron chi connectivity index (χ0n) is 11.3. The van der Waals surface area contributed by atoms with Crippen molar-refractivity contribution in [3.63, 3.8) is 0 Å². The Morgan fingerprint density at radius 2 is 1.79 bits per heavy atom. The van der Waals surface area contributed by atoms with Crippen molar-refractivity contribution in [2.45, 2.75) is 18.7 Å². The minimum absolute atomic E-state index is 0.319. The van der Waals surface area contributed by atoms with Gasteiger partial charge in [-0.25, -0.2) is 13.4 Å². The van der Waals surface area contributed by atoms with E-state index in [2.05, 4.69) is 30.2 Å². The molecule has 0 amide bonds. The lowest BCUT2D eigenvalue weighted by molar-refractivity contribution is 0.580. The smallest absolute Gasteiger partial charge is 0.175 e. The molecule has 0 fully saturated rings. The van der Waals surface area contributed by atoms with Gasteiger partial charge >= 0.3 is 0 Å². The van der Waals surface area contributed by atoms with Gasteiger partial charge in [-0.05, 0) is 30.2 Å². The molecule has 1 N–H and O–H groups in total. The molecule has 19 heavy (non-hydrogen) atoms. The van der Waals surface area contributed by atoms with Crippen LogP contribution in [0, 0.1) is 11.8 Å². The Balaban J connectivity index is 2.17. The monoisotopic (exact) mass is 278 g/mol. The number of anilines is 1. The standard InChI is InChI=1S/C14H18N2O2S/c1-10-8-9-15-14(11(10)2)16-12-4-6-13(7-5-12)19(3,17)18/h4-11H,1-3H3,(H,15,16). The minimum Gasteiger partial charge on any atom is -0.344 e. The van der Waals surface area contributed by atoms with Crippen LogP contribution in [0.5, 0.6) is 0 Å². The van der Waals surface area contributed by atoms with E-state index in [9.17, 15) is 8.42 Å². The highest BCUT2D eigenvalue weighted by Gasteiger charge is 2.18. The molecule has 0 aromatic heterocycles. The maximum absolute atomic E-state index is 11.4. The highest BCUT2D eigenvalue weighted by Crippen LogP contribution is 2.21. The van der Waals surface area contributed by atoms with E-state index >= 15 is 0 Å². The van der Waals surface area contributed by atoms with Crippen LogP contribution in [0.25, 0.3) is 0 Å². The maximum Gasteiger partial charge on any atom is 0.175 e. The van der Waals surface area contributed by atoms with Gasteiger partial charge in [0.05, 0.1) is 4.90 Å². The van der Waals surface area contributed by atoms with Gasteiger partial charge in [0.1, 0.15) is 5.84 Å². The van der Waals surface area contributed by atoms with Gasteiger partial charge in [0.15, 0.2) is 9.84 Å². The second-order valence-electron chi connectivity index (χ2n) is 4.93. The first-order valence-electron chi connectivity index (χ1n) is 6.19. The van der Waals surface area contributed by atoms with Crippen LogP contribution in [0.3, 0.4) is 0 Å². The lowest BCUT2D eigenvalue weighted by Gasteiger charge is -2.23. The fourth-order valence-corrected chi connectivity index (χ4v) is 2.50. The number of sulfone groups is 1. The van der Waals surface area contributed by atoms with Gasteiger partial charge in [-0.1, -0.05) is 19.9 Å². The Bertz CT molecular complexity index is 615. The molecule has 0 aliphatic carbocycles. The van der Waals surface area contributed by atoms with Crippen molar-refractivity contribution in [3.8, 4) is 0 Å². The summed E-state index contributed by atoms with van der Waals surface area (Å²) >= 11 is 0. The molecule has 0 saturated heterocycles. The summed E-state index contributed by atoms with van der Waals surface area (Å²) < 4.78 is 22.8. The zero-order valence-corrected chi connectivity index (χ0v) is 12.1. The SMILES string of the molecule is CC1C=CN=C(Nc2ccc(S(C)(=O)=O)cc2)C1C. The molecule has 1 aliphatic rings. The van der Waals surface area contributed by atoms with E-state index in [1.54, 1.807) is 30.5 Å². The molecular formula is C14H18N2O2S. The van der Waals surface area contributed by atoms with Crippen LogP contribution in [-0.2, 0) is 9.84 Å².